The lowest BCUT2D eigenvalue weighted by Crippen LogP contribution is -2.30. The maximum absolute atomic E-state index is 12.5. The number of amides is 1. The van der Waals surface area contributed by atoms with Gasteiger partial charge >= 0.3 is 0 Å². The summed E-state index contributed by atoms with van der Waals surface area (Å²) < 4.78 is 16.9. The fourth-order valence-corrected chi connectivity index (χ4v) is 3.92. The van der Waals surface area contributed by atoms with Gasteiger partial charge in [-0.05, 0) is 30.4 Å². The summed E-state index contributed by atoms with van der Waals surface area (Å²) in [5.74, 6) is 2.49. The van der Waals surface area contributed by atoms with E-state index in [0.717, 1.165) is 18.6 Å². The molecule has 2 aliphatic heterocycles. The molecule has 1 amide bonds. The number of benzene rings is 1. The lowest BCUT2D eigenvalue weighted by Gasteiger charge is -2.17. The number of hydrogen-bond donors (Lipinski definition) is 1. The molecule has 2 aliphatic rings. The molecule has 0 bridgehead atoms. The standard InChI is InChI=1S/C18H19NO4S/c20-18(17-16-15(11-24-17)22-7-8-23-16)19-10-12-5-6-21-14-4-2-1-3-13(14)9-12/h1-4,11-12H,5-10H2,(H,19,20)/t12-/m0/s1. The first-order valence-electron chi connectivity index (χ1n) is 8.17. The Bertz CT molecular complexity index is 742. The van der Waals surface area contributed by atoms with Crippen molar-refractivity contribution in [2.75, 3.05) is 26.4 Å². The van der Waals surface area contributed by atoms with Gasteiger partial charge in [-0.25, -0.2) is 0 Å². The molecule has 3 heterocycles. The number of fused-ring (bicyclic) bond motifs is 2. The number of carbonyl (C=O) groups is 1. The minimum Gasteiger partial charge on any atom is -0.493 e. The second kappa shape index (κ2) is 6.73. The van der Waals surface area contributed by atoms with Crippen molar-refractivity contribution in [3.8, 4) is 17.2 Å². The normalized spacial score (nSPS) is 18.9. The van der Waals surface area contributed by atoms with Gasteiger partial charge in [0.05, 0.1) is 6.61 Å². The molecule has 4 rings (SSSR count). The average Bonchev–Trinajstić information content (AvgIpc) is 2.93. The van der Waals surface area contributed by atoms with Crippen molar-refractivity contribution in [3.05, 3.63) is 40.1 Å². The van der Waals surface area contributed by atoms with E-state index in [1.165, 1.54) is 16.9 Å². The lowest BCUT2D eigenvalue weighted by atomic mass is 9.97. The molecule has 1 aromatic carbocycles. The number of carbonyl (C=O) groups excluding carboxylic acids is 1. The molecule has 2 aromatic rings. The van der Waals surface area contributed by atoms with E-state index in [1.54, 1.807) is 0 Å². The van der Waals surface area contributed by atoms with Crippen LogP contribution >= 0.6 is 11.3 Å². The molecule has 0 radical (unpaired) electrons. The third-order valence-corrected chi connectivity index (χ3v) is 5.26. The van der Waals surface area contributed by atoms with E-state index in [-0.39, 0.29) is 5.91 Å². The molecule has 0 unspecified atom stereocenters. The van der Waals surface area contributed by atoms with Crippen LogP contribution in [0.25, 0.3) is 0 Å². The van der Waals surface area contributed by atoms with Gasteiger partial charge in [-0.3, -0.25) is 4.79 Å². The Kier molecular flexibility index (Phi) is 4.30. The van der Waals surface area contributed by atoms with Crippen LogP contribution < -0.4 is 19.5 Å². The van der Waals surface area contributed by atoms with E-state index < -0.39 is 0 Å². The van der Waals surface area contributed by atoms with Gasteiger partial charge in [-0.15, -0.1) is 11.3 Å². The summed E-state index contributed by atoms with van der Waals surface area (Å²) in [6, 6.07) is 8.11. The summed E-state index contributed by atoms with van der Waals surface area (Å²) in [6.07, 6.45) is 1.84. The molecule has 6 heteroatoms. The van der Waals surface area contributed by atoms with Gasteiger partial charge in [0, 0.05) is 11.9 Å². The van der Waals surface area contributed by atoms with Crippen molar-refractivity contribution in [1.29, 1.82) is 0 Å². The number of ether oxygens (including phenoxy) is 3. The van der Waals surface area contributed by atoms with E-state index in [9.17, 15) is 4.79 Å². The zero-order valence-corrected chi connectivity index (χ0v) is 14.1. The van der Waals surface area contributed by atoms with E-state index in [2.05, 4.69) is 11.4 Å². The van der Waals surface area contributed by atoms with Crippen molar-refractivity contribution in [2.24, 2.45) is 5.92 Å². The van der Waals surface area contributed by atoms with Gasteiger partial charge in [-0.1, -0.05) is 18.2 Å². The number of hydrogen-bond acceptors (Lipinski definition) is 5. The summed E-state index contributed by atoms with van der Waals surface area (Å²) >= 11 is 1.37. The van der Waals surface area contributed by atoms with Crippen molar-refractivity contribution in [3.63, 3.8) is 0 Å². The molecule has 0 saturated carbocycles. The zero-order valence-electron chi connectivity index (χ0n) is 13.2. The topological polar surface area (TPSA) is 56.8 Å². The van der Waals surface area contributed by atoms with Crippen molar-refractivity contribution < 1.29 is 19.0 Å². The molecule has 0 aliphatic carbocycles. The minimum atomic E-state index is -0.0924. The minimum absolute atomic E-state index is 0.0924. The molecule has 1 N–H and O–H groups in total. The van der Waals surface area contributed by atoms with Gasteiger partial charge in [0.1, 0.15) is 23.8 Å². The second-order valence-electron chi connectivity index (χ2n) is 5.98. The van der Waals surface area contributed by atoms with Crippen LogP contribution in [0, 0.1) is 5.92 Å². The highest BCUT2D eigenvalue weighted by Crippen LogP contribution is 2.39. The second-order valence-corrected chi connectivity index (χ2v) is 6.86. The van der Waals surface area contributed by atoms with E-state index in [0.29, 0.717) is 48.7 Å². The SMILES string of the molecule is O=C(NC[C@H]1CCOc2ccccc2C1)c1scc2c1OCCO2. The molecule has 1 atom stereocenters. The molecule has 0 spiro atoms. The summed E-state index contributed by atoms with van der Waals surface area (Å²) in [5, 5.41) is 4.88. The molecule has 5 nitrogen and oxygen atoms in total. The smallest absolute Gasteiger partial charge is 0.265 e. The molecule has 0 saturated heterocycles. The Labute approximate surface area is 144 Å². The van der Waals surface area contributed by atoms with Crippen LogP contribution in [0.2, 0.25) is 0 Å². The molecular formula is C18H19NO4S. The molecular weight excluding hydrogens is 326 g/mol. The summed E-state index contributed by atoms with van der Waals surface area (Å²) in [7, 11) is 0. The quantitative estimate of drug-likeness (QED) is 0.929. The van der Waals surface area contributed by atoms with Gasteiger partial charge in [-0.2, -0.15) is 0 Å². The first kappa shape index (κ1) is 15.3. The van der Waals surface area contributed by atoms with Crippen molar-refractivity contribution >= 4 is 17.2 Å². The first-order chi connectivity index (χ1) is 11.8. The van der Waals surface area contributed by atoms with Crippen LogP contribution in [-0.4, -0.2) is 32.3 Å². The Morgan fingerprint density at radius 3 is 2.92 bits per heavy atom. The molecule has 24 heavy (non-hydrogen) atoms. The van der Waals surface area contributed by atoms with E-state index >= 15 is 0 Å². The number of para-hydroxylation sites is 1. The Morgan fingerprint density at radius 1 is 1.12 bits per heavy atom. The van der Waals surface area contributed by atoms with Crippen molar-refractivity contribution in [1.82, 2.24) is 5.32 Å². The van der Waals surface area contributed by atoms with Crippen LogP contribution in [0.15, 0.2) is 29.6 Å². The molecule has 0 fully saturated rings. The monoisotopic (exact) mass is 345 g/mol. The predicted octanol–water partition coefficient (Wildman–Crippen LogP) is 2.89. The van der Waals surface area contributed by atoms with Gasteiger partial charge in [0.25, 0.3) is 5.91 Å². The fraction of sp³-hybridized carbons (Fsp3) is 0.389. The fourth-order valence-electron chi connectivity index (χ4n) is 3.07. The van der Waals surface area contributed by atoms with Gasteiger partial charge in [0.2, 0.25) is 0 Å². The van der Waals surface area contributed by atoms with Gasteiger partial charge in [0.15, 0.2) is 11.5 Å². The van der Waals surface area contributed by atoms with Gasteiger partial charge < -0.3 is 19.5 Å². The third kappa shape index (κ3) is 3.06. The Morgan fingerprint density at radius 2 is 1.96 bits per heavy atom. The third-order valence-electron chi connectivity index (χ3n) is 4.32. The largest absolute Gasteiger partial charge is 0.493 e. The van der Waals surface area contributed by atoms with Crippen LogP contribution in [0.5, 0.6) is 17.2 Å². The average molecular weight is 345 g/mol. The summed E-state index contributed by atoms with van der Waals surface area (Å²) in [6.45, 7) is 2.33. The number of nitrogens with one attached hydrogen (secondary N) is 1. The molecule has 1 aromatic heterocycles. The van der Waals surface area contributed by atoms with Crippen molar-refractivity contribution in [2.45, 2.75) is 12.8 Å². The Hall–Kier alpha value is -2.21. The highest BCUT2D eigenvalue weighted by molar-refractivity contribution is 7.12. The van der Waals surface area contributed by atoms with E-state index in [1.807, 2.05) is 23.6 Å². The first-order valence-corrected chi connectivity index (χ1v) is 9.05. The van der Waals surface area contributed by atoms with Crippen LogP contribution in [0.4, 0.5) is 0 Å². The number of rotatable bonds is 3. The zero-order chi connectivity index (χ0) is 16.4. The summed E-state index contributed by atoms with van der Waals surface area (Å²) in [4.78, 5) is 13.1. The maximum atomic E-state index is 12.5. The highest BCUT2D eigenvalue weighted by Gasteiger charge is 2.24. The predicted molar refractivity (Wildman–Crippen MR) is 91.4 cm³/mol. The summed E-state index contributed by atoms with van der Waals surface area (Å²) in [5.41, 5.74) is 1.21. The van der Waals surface area contributed by atoms with E-state index in [4.69, 9.17) is 14.2 Å². The van der Waals surface area contributed by atoms with Crippen LogP contribution in [0.3, 0.4) is 0 Å². The lowest BCUT2D eigenvalue weighted by molar-refractivity contribution is 0.0940. The highest BCUT2D eigenvalue weighted by atomic mass is 32.1. The number of thiophene rings is 1. The van der Waals surface area contributed by atoms with Crippen LogP contribution in [0.1, 0.15) is 21.7 Å². The maximum Gasteiger partial charge on any atom is 0.265 e. The Balaban J connectivity index is 1.40. The van der Waals surface area contributed by atoms with Crippen LogP contribution in [-0.2, 0) is 6.42 Å². The molecule has 126 valence electrons.